The van der Waals surface area contributed by atoms with Crippen LogP contribution in [0.4, 0.5) is 0 Å². The van der Waals surface area contributed by atoms with Gasteiger partial charge in [0.1, 0.15) is 13.2 Å². The molecule has 1 aromatic rings. The Morgan fingerprint density at radius 3 is 2.75 bits per heavy atom. The van der Waals surface area contributed by atoms with Crippen LogP contribution in [0, 0.1) is 0 Å². The Kier molecular flexibility index (Phi) is 3.15. The lowest BCUT2D eigenvalue weighted by Crippen LogP contribution is -2.16. The number of ether oxygens (including phenoxy) is 2. The number of nitrogens with two attached hydrogens (primary N) is 1. The fourth-order valence-corrected chi connectivity index (χ4v) is 1.78. The minimum atomic E-state index is -0.0201. The molecule has 0 radical (unpaired) electrons. The van der Waals surface area contributed by atoms with Crippen molar-refractivity contribution < 1.29 is 9.47 Å². The number of fused-ring (bicyclic) bond motifs is 1. The van der Waals surface area contributed by atoms with Crippen molar-refractivity contribution in [3.8, 4) is 11.5 Å². The summed E-state index contributed by atoms with van der Waals surface area (Å²) in [6.07, 6.45) is 0.791. The van der Waals surface area contributed by atoms with Crippen LogP contribution >= 0.6 is 0 Å². The average molecular weight is 219 g/mol. The van der Waals surface area contributed by atoms with Gasteiger partial charge in [0.05, 0.1) is 0 Å². The molecule has 0 aromatic heterocycles. The first-order chi connectivity index (χ1) is 7.66. The van der Waals surface area contributed by atoms with E-state index in [-0.39, 0.29) is 6.04 Å². The second kappa shape index (κ2) is 4.58. The van der Waals surface area contributed by atoms with Crippen molar-refractivity contribution in [3.63, 3.8) is 0 Å². The van der Waals surface area contributed by atoms with Crippen molar-refractivity contribution in [2.75, 3.05) is 13.2 Å². The van der Waals surface area contributed by atoms with Crippen molar-refractivity contribution >= 4 is 0 Å². The van der Waals surface area contributed by atoms with Gasteiger partial charge in [-0.05, 0) is 31.0 Å². The van der Waals surface area contributed by atoms with Gasteiger partial charge >= 0.3 is 0 Å². The molecule has 0 fully saturated rings. The summed E-state index contributed by atoms with van der Waals surface area (Å²) in [4.78, 5) is 0. The Labute approximate surface area is 95.9 Å². The van der Waals surface area contributed by atoms with E-state index in [2.05, 4.69) is 6.58 Å². The van der Waals surface area contributed by atoms with Crippen LogP contribution < -0.4 is 15.2 Å². The second-order valence-corrected chi connectivity index (χ2v) is 4.17. The fourth-order valence-electron chi connectivity index (χ4n) is 1.78. The van der Waals surface area contributed by atoms with Gasteiger partial charge in [0.15, 0.2) is 11.5 Å². The smallest absolute Gasteiger partial charge is 0.161 e. The van der Waals surface area contributed by atoms with E-state index in [9.17, 15) is 0 Å². The molecule has 1 aromatic carbocycles. The molecular weight excluding hydrogens is 202 g/mol. The topological polar surface area (TPSA) is 44.5 Å². The van der Waals surface area contributed by atoms with Crippen molar-refractivity contribution in [3.05, 3.63) is 35.9 Å². The van der Waals surface area contributed by atoms with Crippen LogP contribution in [-0.4, -0.2) is 13.2 Å². The van der Waals surface area contributed by atoms with Crippen molar-refractivity contribution in [2.45, 2.75) is 19.4 Å². The molecule has 1 aliphatic heterocycles. The predicted molar refractivity (Wildman–Crippen MR) is 63.8 cm³/mol. The average Bonchev–Trinajstić information content (AvgIpc) is 2.27. The third kappa shape index (κ3) is 2.36. The van der Waals surface area contributed by atoms with Gasteiger partial charge in [-0.2, -0.15) is 0 Å². The van der Waals surface area contributed by atoms with Crippen LogP contribution in [0.15, 0.2) is 30.4 Å². The normalized spacial score (nSPS) is 15.6. The summed E-state index contributed by atoms with van der Waals surface area (Å²) in [7, 11) is 0. The molecule has 86 valence electrons. The zero-order chi connectivity index (χ0) is 11.5. The number of rotatable bonds is 3. The zero-order valence-electron chi connectivity index (χ0n) is 9.53. The van der Waals surface area contributed by atoms with Gasteiger partial charge in [0.2, 0.25) is 0 Å². The van der Waals surface area contributed by atoms with Gasteiger partial charge < -0.3 is 15.2 Å². The molecule has 1 aliphatic rings. The molecule has 0 spiro atoms. The molecule has 1 unspecified atom stereocenters. The third-order valence-electron chi connectivity index (χ3n) is 2.56. The van der Waals surface area contributed by atoms with Crippen LogP contribution in [0.3, 0.4) is 0 Å². The van der Waals surface area contributed by atoms with Crippen LogP contribution in [0.1, 0.15) is 24.9 Å². The Morgan fingerprint density at radius 2 is 2.06 bits per heavy atom. The summed E-state index contributed by atoms with van der Waals surface area (Å²) >= 11 is 0. The summed E-state index contributed by atoms with van der Waals surface area (Å²) in [6.45, 7) is 7.07. The molecule has 1 heterocycles. The highest BCUT2D eigenvalue weighted by molar-refractivity contribution is 5.44. The first-order valence-corrected chi connectivity index (χ1v) is 5.46. The third-order valence-corrected chi connectivity index (χ3v) is 2.56. The number of hydrogen-bond donors (Lipinski definition) is 1. The Bertz CT molecular complexity index is 401. The maximum absolute atomic E-state index is 6.07. The first-order valence-electron chi connectivity index (χ1n) is 5.46. The standard InChI is InChI=1S/C13H17NO2/c1-9(2)7-11(14)10-3-4-12-13(8-10)16-6-5-15-12/h3-4,8,11H,1,5-7,14H2,2H3. The summed E-state index contributed by atoms with van der Waals surface area (Å²) in [6, 6.07) is 5.85. The van der Waals surface area contributed by atoms with Crippen LogP contribution in [0.5, 0.6) is 11.5 Å². The zero-order valence-corrected chi connectivity index (χ0v) is 9.53. The molecule has 3 nitrogen and oxygen atoms in total. The highest BCUT2D eigenvalue weighted by Gasteiger charge is 2.14. The maximum atomic E-state index is 6.07. The monoisotopic (exact) mass is 219 g/mol. The molecule has 16 heavy (non-hydrogen) atoms. The molecule has 0 saturated carbocycles. The van der Waals surface area contributed by atoms with E-state index >= 15 is 0 Å². The molecule has 0 aliphatic carbocycles. The second-order valence-electron chi connectivity index (χ2n) is 4.17. The van der Waals surface area contributed by atoms with Gasteiger partial charge in [0.25, 0.3) is 0 Å². The van der Waals surface area contributed by atoms with Crippen molar-refractivity contribution in [2.24, 2.45) is 5.73 Å². The van der Waals surface area contributed by atoms with Gasteiger partial charge in [-0.3, -0.25) is 0 Å². The largest absolute Gasteiger partial charge is 0.486 e. The Balaban J connectivity index is 2.19. The van der Waals surface area contributed by atoms with Gasteiger partial charge in [-0.15, -0.1) is 6.58 Å². The predicted octanol–water partition coefficient (Wildman–Crippen LogP) is 2.42. The van der Waals surface area contributed by atoms with E-state index in [0.717, 1.165) is 29.1 Å². The quantitative estimate of drug-likeness (QED) is 0.794. The van der Waals surface area contributed by atoms with E-state index in [1.54, 1.807) is 0 Å². The van der Waals surface area contributed by atoms with Gasteiger partial charge in [-0.1, -0.05) is 11.6 Å². The molecule has 0 amide bonds. The van der Waals surface area contributed by atoms with E-state index in [1.807, 2.05) is 25.1 Å². The highest BCUT2D eigenvalue weighted by Crippen LogP contribution is 2.33. The number of benzene rings is 1. The highest BCUT2D eigenvalue weighted by atomic mass is 16.6. The SMILES string of the molecule is C=C(C)CC(N)c1ccc2c(c1)OCCO2. The van der Waals surface area contributed by atoms with Gasteiger partial charge in [-0.25, -0.2) is 0 Å². The molecular formula is C13H17NO2. The summed E-state index contributed by atoms with van der Waals surface area (Å²) in [5.74, 6) is 1.60. The van der Waals surface area contributed by atoms with E-state index in [0.29, 0.717) is 13.2 Å². The van der Waals surface area contributed by atoms with E-state index in [1.165, 1.54) is 0 Å². The van der Waals surface area contributed by atoms with E-state index in [4.69, 9.17) is 15.2 Å². The lowest BCUT2D eigenvalue weighted by molar-refractivity contribution is 0.171. The minimum Gasteiger partial charge on any atom is -0.486 e. The summed E-state index contributed by atoms with van der Waals surface area (Å²) in [5.41, 5.74) is 8.22. The van der Waals surface area contributed by atoms with Crippen molar-refractivity contribution in [1.29, 1.82) is 0 Å². The van der Waals surface area contributed by atoms with Gasteiger partial charge in [0, 0.05) is 6.04 Å². The van der Waals surface area contributed by atoms with Crippen LogP contribution in [0.25, 0.3) is 0 Å². The maximum Gasteiger partial charge on any atom is 0.161 e. The summed E-state index contributed by atoms with van der Waals surface area (Å²) in [5, 5.41) is 0. The van der Waals surface area contributed by atoms with Crippen LogP contribution in [-0.2, 0) is 0 Å². The van der Waals surface area contributed by atoms with Crippen LogP contribution in [0.2, 0.25) is 0 Å². The Hall–Kier alpha value is -1.48. The minimum absolute atomic E-state index is 0.0201. The lowest BCUT2D eigenvalue weighted by Gasteiger charge is -2.20. The molecule has 3 heteroatoms. The van der Waals surface area contributed by atoms with Crippen molar-refractivity contribution in [1.82, 2.24) is 0 Å². The van der Waals surface area contributed by atoms with E-state index < -0.39 is 0 Å². The fraction of sp³-hybridized carbons (Fsp3) is 0.385. The molecule has 2 rings (SSSR count). The number of hydrogen-bond acceptors (Lipinski definition) is 3. The molecule has 0 bridgehead atoms. The first kappa shape index (κ1) is 11.0. The molecule has 2 N–H and O–H groups in total. The molecule has 0 saturated heterocycles. The lowest BCUT2D eigenvalue weighted by atomic mass is 10.0. The Morgan fingerprint density at radius 1 is 1.38 bits per heavy atom. The molecule has 1 atom stereocenters. The summed E-state index contributed by atoms with van der Waals surface area (Å²) < 4.78 is 11.0.